The van der Waals surface area contributed by atoms with Crippen molar-refractivity contribution in [3.8, 4) is 0 Å². The molecule has 0 aromatic heterocycles. The molecule has 1 aromatic carbocycles. The summed E-state index contributed by atoms with van der Waals surface area (Å²) in [6, 6.07) is 2.65. The molecule has 0 spiro atoms. The van der Waals surface area contributed by atoms with Crippen LogP contribution in [-0.4, -0.2) is 49.9 Å². The third-order valence-corrected chi connectivity index (χ3v) is 9.68. The van der Waals surface area contributed by atoms with Crippen molar-refractivity contribution in [2.75, 3.05) is 7.05 Å². The van der Waals surface area contributed by atoms with Gasteiger partial charge in [0.1, 0.15) is 20.9 Å². The summed E-state index contributed by atoms with van der Waals surface area (Å²) in [7, 11) is -3.72. The second-order valence-corrected chi connectivity index (χ2v) is 12.5. The summed E-state index contributed by atoms with van der Waals surface area (Å²) in [5.74, 6) is -0.944. The van der Waals surface area contributed by atoms with Crippen LogP contribution in [0, 0.1) is 15.9 Å². The first kappa shape index (κ1) is 24.3. The molecule has 0 radical (unpaired) electrons. The Morgan fingerprint density at radius 2 is 1.87 bits per heavy atom. The van der Waals surface area contributed by atoms with Gasteiger partial charge in [-0.15, -0.1) is 4.72 Å². The van der Waals surface area contributed by atoms with E-state index in [4.69, 9.17) is 0 Å². The summed E-state index contributed by atoms with van der Waals surface area (Å²) in [6.45, 7) is 6.10. The van der Waals surface area contributed by atoms with E-state index in [2.05, 4.69) is 4.72 Å². The molecule has 0 saturated heterocycles. The fourth-order valence-corrected chi connectivity index (χ4v) is 6.31. The Balaban J connectivity index is 2.78. The van der Waals surface area contributed by atoms with E-state index in [-0.39, 0.29) is 22.7 Å². The average molecular weight is 466 g/mol. The molecule has 2 rings (SSSR count). The lowest BCUT2D eigenvalue weighted by molar-refractivity contribution is -0.385. The highest BCUT2D eigenvalue weighted by Gasteiger charge is 2.70. The first-order valence-electron chi connectivity index (χ1n) is 8.87. The van der Waals surface area contributed by atoms with Gasteiger partial charge in [-0.1, -0.05) is 0 Å². The number of benzene rings is 1. The Morgan fingerprint density at radius 3 is 2.27 bits per heavy atom. The second-order valence-electron chi connectivity index (χ2n) is 8.28. The van der Waals surface area contributed by atoms with E-state index in [1.807, 2.05) is 0 Å². The van der Waals surface area contributed by atoms with E-state index in [1.165, 1.54) is 6.92 Å². The van der Waals surface area contributed by atoms with Gasteiger partial charge in [-0.25, -0.2) is 21.9 Å². The van der Waals surface area contributed by atoms with Crippen molar-refractivity contribution in [3.63, 3.8) is 0 Å². The van der Waals surface area contributed by atoms with Gasteiger partial charge >= 0.3 is 6.09 Å². The number of hydrogen-bond acceptors (Lipinski definition) is 7. The normalized spacial score (nSPS) is 18.9. The van der Waals surface area contributed by atoms with Crippen LogP contribution in [0.3, 0.4) is 0 Å². The van der Waals surface area contributed by atoms with Crippen molar-refractivity contribution in [2.45, 2.75) is 55.6 Å². The van der Waals surface area contributed by atoms with Crippen LogP contribution in [0.15, 0.2) is 18.2 Å². The number of nitrogens with zero attached hydrogens (tertiary/aromatic N) is 2. The number of carbonyl (C=O) groups is 1. The molecule has 13 heteroatoms. The molecule has 1 unspecified atom stereocenters. The number of hydrogen-bond donors (Lipinski definition) is 2. The Morgan fingerprint density at radius 1 is 1.33 bits per heavy atom. The molecular formula is C17H24FN3O7S2. The van der Waals surface area contributed by atoms with Gasteiger partial charge in [-0.05, 0) is 46.6 Å². The summed E-state index contributed by atoms with van der Waals surface area (Å²) >= 11 is -1.91. The Hall–Kier alpha value is -1.96. The lowest BCUT2D eigenvalue weighted by Crippen LogP contribution is -2.61. The monoisotopic (exact) mass is 465 g/mol. The Labute approximate surface area is 177 Å². The molecule has 1 saturated carbocycles. The summed E-state index contributed by atoms with van der Waals surface area (Å²) < 4.78 is 54.2. The molecule has 1 fully saturated rings. The van der Waals surface area contributed by atoms with Crippen molar-refractivity contribution in [2.24, 2.45) is 0 Å². The number of rotatable bonds is 7. The maximum absolute atomic E-state index is 14.9. The number of nitro benzene ring substituents is 1. The molecule has 1 aliphatic carbocycles. The average Bonchev–Trinajstić information content (AvgIpc) is 3.42. The van der Waals surface area contributed by atoms with Gasteiger partial charge < -0.3 is 9.66 Å². The van der Waals surface area contributed by atoms with E-state index in [0.717, 1.165) is 25.2 Å². The third kappa shape index (κ3) is 3.86. The van der Waals surface area contributed by atoms with Crippen LogP contribution in [0.2, 0.25) is 0 Å². The molecule has 0 aliphatic heterocycles. The highest BCUT2D eigenvalue weighted by molar-refractivity contribution is 7.92. The smallest absolute Gasteiger partial charge is 0.420 e. The predicted molar refractivity (Wildman–Crippen MR) is 108 cm³/mol. The summed E-state index contributed by atoms with van der Waals surface area (Å²) in [5.41, 5.74) is -2.79. The first-order valence-corrected chi connectivity index (χ1v) is 11.5. The number of halogens is 1. The zero-order valence-corrected chi connectivity index (χ0v) is 18.8. The van der Waals surface area contributed by atoms with Gasteiger partial charge in [0, 0.05) is 36.1 Å². The fourth-order valence-electron chi connectivity index (χ4n) is 3.24. The van der Waals surface area contributed by atoms with E-state index in [9.17, 15) is 37.4 Å². The summed E-state index contributed by atoms with van der Waals surface area (Å²) in [6.07, 6.45) is -1.85. The minimum Gasteiger partial charge on any atom is -0.598 e. The van der Waals surface area contributed by atoms with Gasteiger partial charge in [0.15, 0.2) is 0 Å². The molecule has 10 nitrogen and oxygen atoms in total. The number of amides is 1. The molecule has 30 heavy (non-hydrogen) atoms. The first-order chi connectivity index (χ1) is 13.5. The number of carboxylic acid groups (broad SMARTS) is 1. The lowest BCUT2D eigenvalue weighted by atomic mass is 9.86. The molecule has 1 aromatic rings. The highest BCUT2D eigenvalue weighted by atomic mass is 32.2. The highest BCUT2D eigenvalue weighted by Crippen LogP contribution is 2.57. The van der Waals surface area contributed by atoms with Crippen LogP contribution >= 0.6 is 0 Å². The van der Waals surface area contributed by atoms with Crippen molar-refractivity contribution >= 4 is 33.2 Å². The van der Waals surface area contributed by atoms with Gasteiger partial charge in [-0.2, -0.15) is 0 Å². The van der Waals surface area contributed by atoms with Gasteiger partial charge in [0.25, 0.3) is 5.69 Å². The standard InChI is InChI=1S/C17H24FN3O7S2/c1-15(2,3)29(26)19-16(4,12-10-11(21(24)25)6-7-13(12)18)17(8-9-17)30(27,28)20(5)14(22)23/h6-7,10,19H,8-9H2,1-5H3,(H,22,23)/t16-,29?/m1/s1. The molecule has 2 atom stereocenters. The number of sulfonamides is 1. The molecule has 2 N–H and O–H groups in total. The van der Waals surface area contributed by atoms with Crippen LogP contribution in [-0.2, 0) is 26.9 Å². The zero-order chi connectivity index (χ0) is 23.3. The minimum atomic E-state index is -4.57. The molecule has 1 aliphatic rings. The third-order valence-electron chi connectivity index (χ3n) is 5.29. The summed E-state index contributed by atoms with van der Waals surface area (Å²) in [4.78, 5) is 21.8. The van der Waals surface area contributed by atoms with Gasteiger partial charge in [0.2, 0.25) is 10.0 Å². The molecule has 0 bridgehead atoms. The molecular weight excluding hydrogens is 441 g/mol. The van der Waals surface area contributed by atoms with Gasteiger partial charge in [-0.3, -0.25) is 10.1 Å². The predicted octanol–water partition coefficient (Wildman–Crippen LogP) is 2.47. The fraction of sp³-hybridized carbons (Fsp3) is 0.588. The van der Waals surface area contributed by atoms with Crippen molar-refractivity contribution in [3.05, 3.63) is 39.7 Å². The number of nitro groups is 1. The van der Waals surface area contributed by atoms with Crippen molar-refractivity contribution in [1.82, 2.24) is 9.03 Å². The SMILES string of the molecule is CN(C(=O)O)S(=O)(=O)C1([C@](C)(N[S+]([O-])C(C)(C)C)c2cc([N+](=O)[O-])ccc2F)CC1. The van der Waals surface area contributed by atoms with Crippen LogP contribution < -0.4 is 4.72 Å². The minimum absolute atomic E-state index is 0.0556. The zero-order valence-electron chi connectivity index (χ0n) is 17.1. The lowest BCUT2D eigenvalue weighted by Gasteiger charge is -2.41. The van der Waals surface area contributed by atoms with E-state index < -0.39 is 58.9 Å². The number of non-ortho nitro benzene ring substituents is 1. The van der Waals surface area contributed by atoms with Gasteiger partial charge in [0.05, 0.1) is 4.92 Å². The maximum atomic E-state index is 14.9. The van der Waals surface area contributed by atoms with Crippen LogP contribution in [0.4, 0.5) is 14.9 Å². The van der Waals surface area contributed by atoms with E-state index >= 15 is 0 Å². The largest absolute Gasteiger partial charge is 0.598 e. The Kier molecular flexibility index (Phi) is 6.18. The quantitative estimate of drug-likeness (QED) is 0.354. The van der Waals surface area contributed by atoms with E-state index in [1.54, 1.807) is 20.8 Å². The van der Waals surface area contributed by atoms with Crippen LogP contribution in [0.1, 0.15) is 46.1 Å². The van der Waals surface area contributed by atoms with Crippen molar-refractivity contribution < 1.29 is 32.2 Å². The Bertz CT molecular complexity index is 976. The molecule has 0 heterocycles. The second kappa shape index (κ2) is 7.62. The van der Waals surface area contributed by atoms with E-state index in [0.29, 0.717) is 0 Å². The van der Waals surface area contributed by atoms with Crippen LogP contribution in [0.5, 0.6) is 0 Å². The molecule has 1 amide bonds. The summed E-state index contributed by atoms with van der Waals surface area (Å²) in [5, 5.41) is 20.5. The van der Waals surface area contributed by atoms with Crippen molar-refractivity contribution in [1.29, 1.82) is 0 Å². The molecule has 168 valence electrons. The maximum Gasteiger partial charge on any atom is 0.420 e. The number of nitrogens with one attached hydrogen (secondary N) is 1. The topological polar surface area (TPSA) is 153 Å². The van der Waals surface area contributed by atoms with Crippen LogP contribution in [0.25, 0.3) is 0 Å².